The Balaban J connectivity index is 1.31. The minimum atomic E-state index is 0.163. The zero-order valence-corrected chi connectivity index (χ0v) is 15.2. The summed E-state index contributed by atoms with van der Waals surface area (Å²) in [5, 5.41) is 12.2. The van der Waals surface area contributed by atoms with E-state index in [1.807, 2.05) is 6.07 Å². The number of likely N-dealkylation sites (tertiary alicyclic amines) is 1. The van der Waals surface area contributed by atoms with Gasteiger partial charge in [-0.2, -0.15) is 5.26 Å². The van der Waals surface area contributed by atoms with E-state index in [1.165, 1.54) is 0 Å². The van der Waals surface area contributed by atoms with Gasteiger partial charge in [-0.3, -0.25) is 9.69 Å². The van der Waals surface area contributed by atoms with Crippen LogP contribution in [0.5, 0.6) is 0 Å². The Morgan fingerprint density at radius 3 is 2.73 bits per heavy atom. The summed E-state index contributed by atoms with van der Waals surface area (Å²) in [6.07, 6.45) is 8.36. The van der Waals surface area contributed by atoms with Crippen molar-refractivity contribution in [1.29, 1.82) is 5.26 Å². The quantitative estimate of drug-likeness (QED) is 0.895. The molecule has 3 heterocycles. The SMILES string of the molecule is N#Cc1ccnc(N2CCC(N3CCCC(C(=O)NC4CC4)C3)CC2)c1. The molecule has 1 aliphatic carbocycles. The number of nitriles is 1. The molecule has 138 valence electrons. The maximum atomic E-state index is 12.4. The van der Waals surface area contributed by atoms with Crippen molar-refractivity contribution in [2.24, 2.45) is 5.92 Å². The lowest BCUT2D eigenvalue weighted by Crippen LogP contribution is -2.51. The highest BCUT2D eigenvalue weighted by Gasteiger charge is 2.33. The molecule has 0 radical (unpaired) electrons. The van der Waals surface area contributed by atoms with Crippen molar-refractivity contribution in [2.75, 3.05) is 31.1 Å². The fraction of sp³-hybridized carbons (Fsp3) is 0.650. The Morgan fingerprint density at radius 1 is 1.19 bits per heavy atom. The maximum Gasteiger partial charge on any atom is 0.224 e. The highest BCUT2D eigenvalue weighted by Crippen LogP contribution is 2.27. The number of pyridine rings is 1. The van der Waals surface area contributed by atoms with Crippen LogP contribution in [0.15, 0.2) is 18.3 Å². The van der Waals surface area contributed by atoms with Crippen LogP contribution in [0.4, 0.5) is 5.82 Å². The molecule has 1 atom stereocenters. The number of anilines is 1. The van der Waals surface area contributed by atoms with E-state index in [9.17, 15) is 4.79 Å². The molecule has 1 amide bonds. The molecule has 1 saturated carbocycles. The van der Waals surface area contributed by atoms with E-state index < -0.39 is 0 Å². The van der Waals surface area contributed by atoms with Crippen LogP contribution in [0.2, 0.25) is 0 Å². The number of amides is 1. The van der Waals surface area contributed by atoms with Crippen LogP contribution >= 0.6 is 0 Å². The lowest BCUT2D eigenvalue weighted by atomic mass is 9.93. The van der Waals surface area contributed by atoms with Gasteiger partial charge in [0.05, 0.1) is 17.6 Å². The van der Waals surface area contributed by atoms with Crippen LogP contribution in [0.1, 0.15) is 44.1 Å². The lowest BCUT2D eigenvalue weighted by Gasteiger charge is -2.42. The topological polar surface area (TPSA) is 72.3 Å². The number of aromatic nitrogens is 1. The molecule has 0 aromatic carbocycles. The Morgan fingerprint density at radius 2 is 2.00 bits per heavy atom. The number of carbonyl (C=O) groups excluding carboxylic acids is 1. The van der Waals surface area contributed by atoms with Gasteiger partial charge in [0.15, 0.2) is 0 Å². The first kappa shape index (κ1) is 17.3. The molecule has 1 aromatic rings. The van der Waals surface area contributed by atoms with Gasteiger partial charge in [0.2, 0.25) is 5.91 Å². The molecule has 2 saturated heterocycles. The first-order chi connectivity index (χ1) is 12.7. The summed E-state index contributed by atoms with van der Waals surface area (Å²) in [6, 6.07) is 6.82. The van der Waals surface area contributed by atoms with Gasteiger partial charge in [0.1, 0.15) is 5.82 Å². The summed E-state index contributed by atoms with van der Waals surface area (Å²) < 4.78 is 0. The van der Waals surface area contributed by atoms with Gasteiger partial charge in [-0.05, 0) is 57.2 Å². The monoisotopic (exact) mass is 353 g/mol. The third kappa shape index (κ3) is 3.99. The van der Waals surface area contributed by atoms with Crippen molar-refractivity contribution in [1.82, 2.24) is 15.2 Å². The van der Waals surface area contributed by atoms with Gasteiger partial charge < -0.3 is 10.2 Å². The molecule has 1 aromatic heterocycles. The molecule has 0 bridgehead atoms. The average Bonchev–Trinajstić information content (AvgIpc) is 3.52. The second kappa shape index (κ2) is 7.63. The smallest absolute Gasteiger partial charge is 0.224 e. The third-order valence-electron chi connectivity index (χ3n) is 5.93. The van der Waals surface area contributed by atoms with Crippen LogP contribution in [0.3, 0.4) is 0 Å². The molecule has 6 nitrogen and oxygen atoms in total. The van der Waals surface area contributed by atoms with Crippen LogP contribution in [-0.2, 0) is 4.79 Å². The van der Waals surface area contributed by atoms with Gasteiger partial charge in [-0.15, -0.1) is 0 Å². The number of carbonyl (C=O) groups is 1. The van der Waals surface area contributed by atoms with Crippen molar-refractivity contribution in [3.63, 3.8) is 0 Å². The molecular weight excluding hydrogens is 326 g/mol. The van der Waals surface area contributed by atoms with Gasteiger partial charge >= 0.3 is 0 Å². The lowest BCUT2D eigenvalue weighted by molar-refractivity contribution is -0.127. The van der Waals surface area contributed by atoms with Gasteiger partial charge in [0, 0.05) is 37.9 Å². The molecule has 1 unspecified atom stereocenters. The predicted octanol–water partition coefficient (Wildman–Crippen LogP) is 1.91. The Labute approximate surface area is 155 Å². The van der Waals surface area contributed by atoms with E-state index in [4.69, 9.17) is 5.26 Å². The molecule has 2 aliphatic heterocycles. The molecule has 3 aliphatic rings. The molecular formula is C20H27N5O. The van der Waals surface area contributed by atoms with Gasteiger partial charge in [-0.1, -0.05) is 0 Å². The summed E-state index contributed by atoms with van der Waals surface area (Å²) >= 11 is 0. The predicted molar refractivity (Wildman–Crippen MR) is 99.6 cm³/mol. The molecule has 1 N–H and O–H groups in total. The largest absolute Gasteiger partial charge is 0.356 e. The average molecular weight is 353 g/mol. The molecule has 4 rings (SSSR count). The maximum absolute atomic E-state index is 12.4. The summed E-state index contributed by atoms with van der Waals surface area (Å²) in [7, 11) is 0. The van der Waals surface area contributed by atoms with Crippen molar-refractivity contribution < 1.29 is 4.79 Å². The second-order valence-corrected chi connectivity index (χ2v) is 7.85. The summed E-state index contributed by atoms with van der Waals surface area (Å²) in [4.78, 5) is 21.6. The second-order valence-electron chi connectivity index (χ2n) is 7.85. The Bertz CT molecular complexity index is 688. The first-order valence-electron chi connectivity index (χ1n) is 9.88. The van der Waals surface area contributed by atoms with E-state index in [0.29, 0.717) is 17.6 Å². The minimum absolute atomic E-state index is 0.163. The summed E-state index contributed by atoms with van der Waals surface area (Å²) in [5.74, 6) is 1.34. The molecule has 26 heavy (non-hydrogen) atoms. The van der Waals surface area contributed by atoms with Crippen molar-refractivity contribution in [3.05, 3.63) is 23.9 Å². The number of nitrogens with one attached hydrogen (secondary N) is 1. The zero-order chi connectivity index (χ0) is 17.9. The standard InChI is InChI=1S/C20H27N5O/c21-13-15-5-8-22-19(12-15)24-10-6-18(7-11-24)25-9-1-2-16(14-25)20(26)23-17-3-4-17/h5,8,12,16-18H,1-4,6-7,9-11,14H2,(H,23,26). The van der Waals surface area contributed by atoms with E-state index >= 15 is 0 Å². The van der Waals surface area contributed by atoms with Crippen molar-refractivity contribution in [3.8, 4) is 6.07 Å². The van der Waals surface area contributed by atoms with E-state index in [1.54, 1.807) is 12.3 Å². The zero-order valence-electron chi connectivity index (χ0n) is 15.2. The van der Waals surface area contributed by atoms with E-state index in [-0.39, 0.29) is 11.8 Å². The summed E-state index contributed by atoms with van der Waals surface area (Å²) in [6.45, 7) is 3.94. The van der Waals surface area contributed by atoms with Gasteiger partial charge in [-0.25, -0.2) is 4.98 Å². The van der Waals surface area contributed by atoms with E-state index in [0.717, 1.165) is 70.5 Å². The number of nitrogens with zero attached hydrogens (tertiary/aromatic N) is 4. The minimum Gasteiger partial charge on any atom is -0.356 e. The number of piperidine rings is 2. The number of rotatable bonds is 4. The molecule has 3 fully saturated rings. The van der Waals surface area contributed by atoms with Crippen LogP contribution in [-0.4, -0.2) is 54.1 Å². The third-order valence-corrected chi connectivity index (χ3v) is 5.93. The van der Waals surface area contributed by atoms with Crippen molar-refractivity contribution >= 4 is 11.7 Å². The number of hydrogen-bond acceptors (Lipinski definition) is 5. The highest BCUT2D eigenvalue weighted by molar-refractivity contribution is 5.79. The highest BCUT2D eigenvalue weighted by atomic mass is 16.2. The van der Waals surface area contributed by atoms with Crippen LogP contribution in [0, 0.1) is 17.2 Å². The van der Waals surface area contributed by atoms with Crippen molar-refractivity contribution in [2.45, 2.75) is 50.6 Å². The normalized spacial score (nSPS) is 24.9. The van der Waals surface area contributed by atoms with Crippen LogP contribution in [0.25, 0.3) is 0 Å². The fourth-order valence-electron chi connectivity index (χ4n) is 4.22. The van der Waals surface area contributed by atoms with Gasteiger partial charge in [0.25, 0.3) is 0 Å². The van der Waals surface area contributed by atoms with E-state index in [2.05, 4.69) is 26.2 Å². The Kier molecular flexibility index (Phi) is 5.07. The fourth-order valence-corrected chi connectivity index (χ4v) is 4.22. The molecule has 6 heteroatoms. The summed E-state index contributed by atoms with van der Waals surface area (Å²) in [5.41, 5.74) is 0.665. The molecule has 0 spiro atoms. The van der Waals surface area contributed by atoms with Crippen LogP contribution < -0.4 is 10.2 Å². The Hall–Kier alpha value is -2.13. The number of hydrogen-bond donors (Lipinski definition) is 1. The first-order valence-corrected chi connectivity index (χ1v) is 9.88.